The maximum Gasteiger partial charge on any atom is 0.188 e. The molecule has 0 spiro atoms. The van der Waals surface area contributed by atoms with Gasteiger partial charge in [-0.2, -0.15) is 0 Å². The lowest BCUT2D eigenvalue weighted by Gasteiger charge is -2.09. The van der Waals surface area contributed by atoms with Gasteiger partial charge in [0.25, 0.3) is 0 Å². The zero-order chi connectivity index (χ0) is 16.1. The van der Waals surface area contributed by atoms with Crippen molar-refractivity contribution in [1.29, 1.82) is 0 Å². The van der Waals surface area contributed by atoms with Crippen LogP contribution in [0, 0.1) is 5.82 Å². The monoisotopic (exact) mass is 364 g/mol. The predicted octanol–water partition coefficient (Wildman–Crippen LogP) is 4.50. The highest BCUT2D eigenvalue weighted by atomic mass is 79.9. The van der Waals surface area contributed by atoms with Gasteiger partial charge in [0.2, 0.25) is 0 Å². The molecule has 0 aliphatic rings. The largest absolute Gasteiger partial charge is 0.493 e. The summed E-state index contributed by atoms with van der Waals surface area (Å²) in [6.45, 7) is 0. The van der Waals surface area contributed by atoms with Gasteiger partial charge in [-0.05, 0) is 36.4 Å². The lowest BCUT2D eigenvalue weighted by atomic mass is 10.1. The van der Waals surface area contributed by atoms with E-state index in [2.05, 4.69) is 15.9 Å². The van der Waals surface area contributed by atoms with Crippen molar-refractivity contribution in [3.05, 3.63) is 63.9 Å². The van der Waals surface area contributed by atoms with Crippen molar-refractivity contribution in [3.63, 3.8) is 0 Å². The molecule has 3 nitrogen and oxygen atoms in total. The maximum absolute atomic E-state index is 13.7. The van der Waals surface area contributed by atoms with Crippen LogP contribution in [-0.2, 0) is 0 Å². The first-order chi connectivity index (χ1) is 10.6. The number of ether oxygens (including phenoxy) is 2. The molecule has 0 heterocycles. The average Bonchev–Trinajstić information content (AvgIpc) is 2.54. The molecule has 0 aliphatic carbocycles. The van der Waals surface area contributed by atoms with Gasteiger partial charge >= 0.3 is 0 Å². The molecule has 0 saturated carbocycles. The fourth-order valence-corrected chi connectivity index (χ4v) is 2.35. The van der Waals surface area contributed by atoms with E-state index < -0.39 is 11.6 Å². The van der Waals surface area contributed by atoms with Gasteiger partial charge < -0.3 is 9.47 Å². The van der Waals surface area contributed by atoms with E-state index in [1.807, 2.05) is 0 Å². The van der Waals surface area contributed by atoms with Crippen LogP contribution in [0.3, 0.4) is 0 Å². The van der Waals surface area contributed by atoms with Crippen LogP contribution in [-0.4, -0.2) is 20.0 Å². The summed E-state index contributed by atoms with van der Waals surface area (Å²) in [5, 5.41) is 0. The van der Waals surface area contributed by atoms with Crippen molar-refractivity contribution in [2.45, 2.75) is 0 Å². The van der Waals surface area contributed by atoms with E-state index in [0.29, 0.717) is 21.5 Å². The number of ketones is 1. The minimum absolute atomic E-state index is 0.00693. The molecule has 2 rings (SSSR count). The van der Waals surface area contributed by atoms with E-state index in [1.165, 1.54) is 32.4 Å². The Kier molecular flexibility index (Phi) is 5.33. The van der Waals surface area contributed by atoms with Gasteiger partial charge in [-0.15, -0.1) is 0 Å². The molecule has 5 heteroatoms. The van der Waals surface area contributed by atoms with Crippen LogP contribution in [0.15, 0.2) is 46.9 Å². The van der Waals surface area contributed by atoms with E-state index in [1.54, 1.807) is 30.3 Å². The van der Waals surface area contributed by atoms with Gasteiger partial charge in [0.15, 0.2) is 17.3 Å². The minimum Gasteiger partial charge on any atom is -0.493 e. The second-order valence-electron chi connectivity index (χ2n) is 4.40. The third-order valence-corrected chi connectivity index (χ3v) is 3.53. The van der Waals surface area contributed by atoms with Crippen molar-refractivity contribution in [2.75, 3.05) is 14.2 Å². The lowest BCUT2D eigenvalue weighted by Crippen LogP contribution is -1.99. The number of para-hydroxylation sites is 1. The fraction of sp³-hybridized carbons (Fsp3) is 0.118. The third-order valence-electron chi connectivity index (χ3n) is 3.04. The Morgan fingerprint density at radius 1 is 1.18 bits per heavy atom. The summed E-state index contributed by atoms with van der Waals surface area (Å²) in [6.07, 6.45) is 2.88. The molecule has 0 aromatic heterocycles. The molecule has 0 N–H and O–H groups in total. The number of carbonyl (C=O) groups is 1. The Labute approximate surface area is 136 Å². The number of carbonyl (C=O) groups excluding carboxylic acids is 1. The molecule has 0 amide bonds. The van der Waals surface area contributed by atoms with Crippen LogP contribution in [0.2, 0.25) is 0 Å². The molecule has 0 radical (unpaired) electrons. The minimum atomic E-state index is -0.560. The summed E-state index contributed by atoms with van der Waals surface area (Å²) in [5.41, 5.74) is 0.679. The Bertz CT molecular complexity index is 726. The Morgan fingerprint density at radius 2 is 1.95 bits per heavy atom. The van der Waals surface area contributed by atoms with E-state index in [4.69, 9.17) is 9.47 Å². The van der Waals surface area contributed by atoms with Crippen LogP contribution in [0.25, 0.3) is 6.08 Å². The molecule has 0 saturated heterocycles. The average molecular weight is 365 g/mol. The zero-order valence-electron chi connectivity index (χ0n) is 12.1. The van der Waals surface area contributed by atoms with Crippen molar-refractivity contribution in [3.8, 4) is 11.5 Å². The van der Waals surface area contributed by atoms with Gasteiger partial charge in [-0.25, -0.2) is 4.39 Å². The van der Waals surface area contributed by atoms with Gasteiger partial charge in [-0.3, -0.25) is 4.79 Å². The quantitative estimate of drug-likeness (QED) is 0.578. The molecule has 0 atom stereocenters. The second kappa shape index (κ2) is 7.22. The molecule has 0 unspecified atom stereocenters. The maximum atomic E-state index is 13.7. The normalized spacial score (nSPS) is 10.7. The first-order valence-electron chi connectivity index (χ1n) is 6.45. The lowest BCUT2D eigenvalue weighted by molar-refractivity contribution is 0.104. The number of halogens is 2. The number of rotatable bonds is 5. The number of hydrogen-bond acceptors (Lipinski definition) is 3. The summed E-state index contributed by atoms with van der Waals surface area (Å²) >= 11 is 3.22. The van der Waals surface area contributed by atoms with E-state index in [-0.39, 0.29) is 5.56 Å². The van der Waals surface area contributed by atoms with Crippen molar-refractivity contribution >= 4 is 27.8 Å². The number of allylic oxidation sites excluding steroid dienone is 1. The Morgan fingerprint density at radius 3 is 2.64 bits per heavy atom. The van der Waals surface area contributed by atoms with Crippen LogP contribution in [0.4, 0.5) is 4.39 Å². The summed E-state index contributed by atoms with van der Waals surface area (Å²) in [4.78, 5) is 12.1. The van der Waals surface area contributed by atoms with E-state index in [0.717, 1.165) is 0 Å². The molecule has 0 fully saturated rings. The summed E-state index contributed by atoms with van der Waals surface area (Å²) in [5.74, 6) is 0.0913. The van der Waals surface area contributed by atoms with Crippen molar-refractivity contribution < 1.29 is 18.7 Å². The summed E-state index contributed by atoms with van der Waals surface area (Å²) in [6, 6.07) is 9.56. The van der Waals surface area contributed by atoms with Crippen LogP contribution in [0.1, 0.15) is 15.9 Å². The van der Waals surface area contributed by atoms with E-state index in [9.17, 15) is 9.18 Å². The molecule has 114 valence electrons. The fourth-order valence-electron chi connectivity index (χ4n) is 1.98. The highest BCUT2D eigenvalue weighted by Gasteiger charge is 2.11. The van der Waals surface area contributed by atoms with Crippen LogP contribution < -0.4 is 9.47 Å². The number of benzene rings is 2. The highest BCUT2D eigenvalue weighted by molar-refractivity contribution is 9.10. The first-order valence-corrected chi connectivity index (χ1v) is 7.24. The zero-order valence-corrected chi connectivity index (χ0v) is 13.7. The topological polar surface area (TPSA) is 35.5 Å². The number of methoxy groups -OCH3 is 2. The van der Waals surface area contributed by atoms with Gasteiger partial charge in [0.1, 0.15) is 5.82 Å². The SMILES string of the molecule is COc1cccc(C=CC(=O)c2cc(Br)ccc2F)c1OC. The third kappa shape index (κ3) is 3.54. The van der Waals surface area contributed by atoms with Gasteiger partial charge in [0.05, 0.1) is 19.8 Å². The second-order valence-corrected chi connectivity index (χ2v) is 5.32. The van der Waals surface area contributed by atoms with Crippen molar-refractivity contribution in [1.82, 2.24) is 0 Å². The number of hydrogen-bond donors (Lipinski definition) is 0. The smallest absolute Gasteiger partial charge is 0.188 e. The van der Waals surface area contributed by atoms with E-state index >= 15 is 0 Å². The molecular weight excluding hydrogens is 351 g/mol. The molecule has 0 aliphatic heterocycles. The van der Waals surface area contributed by atoms with Crippen molar-refractivity contribution in [2.24, 2.45) is 0 Å². The molecule has 2 aromatic rings. The standard InChI is InChI=1S/C17H14BrFO3/c1-21-16-5-3-4-11(17(16)22-2)6-9-15(20)13-10-12(18)7-8-14(13)19/h3-10H,1-2H3. The highest BCUT2D eigenvalue weighted by Crippen LogP contribution is 2.31. The Balaban J connectivity index is 2.32. The van der Waals surface area contributed by atoms with Gasteiger partial charge in [0, 0.05) is 10.0 Å². The molecule has 0 bridgehead atoms. The summed E-state index contributed by atoms with van der Waals surface area (Å²) in [7, 11) is 3.05. The molecule has 2 aromatic carbocycles. The van der Waals surface area contributed by atoms with Crippen LogP contribution >= 0.6 is 15.9 Å². The summed E-state index contributed by atoms with van der Waals surface area (Å²) < 4.78 is 24.8. The van der Waals surface area contributed by atoms with Gasteiger partial charge in [-0.1, -0.05) is 28.1 Å². The molecular formula is C17H14BrFO3. The molecule has 22 heavy (non-hydrogen) atoms. The van der Waals surface area contributed by atoms with Crippen LogP contribution in [0.5, 0.6) is 11.5 Å². The Hall–Kier alpha value is -2.14. The first kappa shape index (κ1) is 16.2. The predicted molar refractivity (Wildman–Crippen MR) is 87.0 cm³/mol.